The van der Waals surface area contributed by atoms with Gasteiger partial charge in [-0.2, -0.15) is 0 Å². The van der Waals surface area contributed by atoms with E-state index in [4.69, 9.17) is 11.5 Å². The predicted molar refractivity (Wildman–Crippen MR) is 75.8 cm³/mol. The third-order valence-electron chi connectivity index (χ3n) is 2.60. The lowest BCUT2D eigenvalue weighted by Gasteiger charge is -2.01. The number of hydrogen-bond donors (Lipinski definition) is 2. The smallest absolute Gasteiger partial charge is 0.217 e. The van der Waals surface area contributed by atoms with Crippen LogP contribution in [0.1, 0.15) is 64.2 Å². The van der Waals surface area contributed by atoms with Gasteiger partial charge in [-0.05, 0) is 12.8 Å². The van der Waals surface area contributed by atoms with Gasteiger partial charge in [0.2, 0.25) is 11.8 Å². The van der Waals surface area contributed by atoms with Crippen LogP contribution < -0.4 is 11.5 Å². The fourth-order valence-electron chi connectivity index (χ4n) is 1.66. The van der Waals surface area contributed by atoms with Gasteiger partial charge in [-0.1, -0.05) is 38.5 Å². The molecule has 0 aliphatic heterocycles. The second-order valence-electron chi connectivity index (χ2n) is 4.26. The van der Waals surface area contributed by atoms with Crippen molar-refractivity contribution in [2.75, 3.05) is 0 Å². The van der Waals surface area contributed by atoms with Crippen LogP contribution in [0.3, 0.4) is 0 Å². The molecule has 0 heterocycles. The zero-order valence-corrected chi connectivity index (χ0v) is 11.5. The van der Waals surface area contributed by atoms with E-state index in [9.17, 15) is 9.59 Å². The van der Waals surface area contributed by atoms with Crippen molar-refractivity contribution in [3.8, 4) is 0 Å². The quantitative estimate of drug-likeness (QED) is 0.440. The highest BCUT2D eigenvalue weighted by Crippen LogP contribution is 2.10. The van der Waals surface area contributed by atoms with Crippen LogP contribution in [0.2, 0.25) is 0 Å². The highest BCUT2D eigenvalue weighted by atomic mass is 16.1. The molecule has 0 rings (SSSR count). The van der Waals surface area contributed by atoms with E-state index in [1.807, 2.05) is 0 Å². The monoisotopic (exact) mass is 256 g/mol. The summed E-state index contributed by atoms with van der Waals surface area (Å²) in [7, 11) is 0. The van der Waals surface area contributed by atoms with Crippen molar-refractivity contribution in [3.05, 3.63) is 13.2 Å². The van der Waals surface area contributed by atoms with Crippen LogP contribution in [0.4, 0.5) is 0 Å². The molecule has 0 spiro atoms. The van der Waals surface area contributed by atoms with Gasteiger partial charge in [0, 0.05) is 12.8 Å². The van der Waals surface area contributed by atoms with Crippen molar-refractivity contribution < 1.29 is 9.59 Å². The summed E-state index contributed by atoms with van der Waals surface area (Å²) in [6.45, 7) is 6.00. The first-order chi connectivity index (χ1) is 8.63. The summed E-state index contributed by atoms with van der Waals surface area (Å²) in [4.78, 5) is 20.9. The molecule has 106 valence electrons. The Hall–Kier alpha value is -1.32. The largest absolute Gasteiger partial charge is 0.370 e. The number of amides is 2. The highest BCUT2D eigenvalue weighted by Gasteiger charge is 1.96. The van der Waals surface area contributed by atoms with Crippen LogP contribution in [-0.4, -0.2) is 11.8 Å². The summed E-state index contributed by atoms with van der Waals surface area (Å²) in [5.41, 5.74) is 10.1. The topological polar surface area (TPSA) is 86.2 Å². The van der Waals surface area contributed by atoms with Crippen molar-refractivity contribution in [2.45, 2.75) is 64.2 Å². The second kappa shape index (κ2) is 15.7. The van der Waals surface area contributed by atoms with Crippen LogP contribution in [0.25, 0.3) is 0 Å². The molecule has 0 aliphatic rings. The molecule has 0 saturated heterocycles. The first kappa shape index (κ1) is 19.0. The van der Waals surface area contributed by atoms with Gasteiger partial charge in [-0.3, -0.25) is 9.59 Å². The maximum Gasteiger partial charge on any atom is 0.217 e. The van der Waals surface area contributed by atoms with E-state index in [0.29, 0.717) is 12.8 Å². The molecule has 0 radical (unpaired) electrons. The SMILES string of the molecule is C=C.NC(=O)CCCCCCCCCCC(N)=O. The standard InChI is InChI=1S/C12H24N2O2.C2H4/c13-11(15)9-7-5-3-1-2-4-6-8-10-12(14)16;1-2/h1-10H2,(H2,13,15)(H2,14,16);1-2H2. The number of nitrogens with two attached hydrogens (primary N) is 2. The molecule has 0 aromatic rings. The van der Waals surface area contributed by atoms with Gasteiger partial charge in [0.1, 0.15) is 0 Å². The Morgan fingerprint density at radius 1 is 0.611 bits per heavy atom. The zero-order valence-electron chi connectivity index (χ0n) is 11.5. The van der Waals surface area contributed by atoms with E-state index in [1.54, 1.807) is 0 Å². The Labute approximate surface area is 111 Å². The van der Waals surface area contributed by atoms with E-state index >= 15 is 0 Å². The van der Waals surface area contributed by atoms with Crippen molar-refractivity contribution in [2.24, 2.45) is 11.5 Å². The minimum absolute atomic E-state index is 0.202. The van der Waals surface area contributed by atoms with Crippen molar-refractivity contribution in [3.63, 3.8) is 0 Å². The van der Waals surface area contributed by atoms with Gasteiger partial charge in [-0.15, -0.1) is 13.2 Å². The molecule has 0 unspecified atom stereocenters. The van der Waals surface area contributed by atoms with E-state index in [0.717, 1.165) is 25.7 Å². The number of unbranched alkanes of at least 4 members (excludes halogenated alkanes) is 7. The molecule has 4 nitrogen and oxygen atoms in total. The molecule has 0 aliphatic carbocycles. The molecule has 0 atom stereocenters. The molecule has 0 saturated carbocycles. The Bertz CT molecular complexity index is 196. The third-order valence-corrected chi connectivity index (χ3v) is 2.60. The molecule has 4 heteroatoms. The summed E-state index contributed by atoms with van der Waals surface area (Å²) in [5.74, 6) is -0.405. The molecule has 18 heavy (non-hydrogen) atoms. The average Bonchev–Trinajstić information content (AvgIpc) is 2.33. The minimum atomic E-state index is -0.202. The van der Waals surface area contributed by atoms with E-state index in [1.165, 1.54) is 25.7 Å². The minimum Gasteiger partial charge on any atom is -0.370 e. The maximum atomic E-state index is 10.4. The Kier molecular flexibility index (Phi) is 16.6. The van der Waals surface area contributed by atoms with Crippen molar-refractivity contribution >= 4 is 11.8 Å². The first-order valence-electron chi connectivity index (χ1n) is 6.69. The number of rotatable bonds is 11. The number of carbonyl (C=O) groups is 2. The number of hydrogen-bond acceptors (Lipinski definition) is 2. The average molecular weight is 256 g/mol. The fraction of sp³-hybridized carbons (Fsp3) is 0.714. The summed E-state index contributed by atoms with van der Waals surface area (Å²) in [5, 5.41) is 0. The van der Waals surface area contributed by atoms with E-state index < -0.39 is 0 Å². The third kappa shape index (κ3) is 20.1. The van der Waals surface area contributed by atoms with Crippen molar-refractivity contribution in [1.82, 2.24) is 0 Å². The normalized spacial score (nSPS) is 9.33. The predicted octanol–water partition coefficient (Wildman–Crippen LogP) is 2.66. The van der Waals surface area contributed by atoms with Crippen molar-refractivity contribution in [1.29, 1.82) is 0 Å². The molecule has 2 amide bonds. The van der Waals surface area contributed by atoms with E-state index in [-0.39, 0.29) is 11.8 Å². The second-order valence-corrected chi connectivity index (χ2v) is 4.26. The highest BCUT2D eigenvalue weighted by molar-refractivity contribution is 5.73. The molecular weight excluding hydrogens is 228 g/mol. The molecule has 0 fully saturated rings. The van der Waals surface area contributed by atoms with Gasteiger partial charge in [-0.25, -0.2) is 0 Å². The van der Waals surface area contributed by atoms with Gasteiger partial charge < -0.3 is 11.5 Å². The lowest BCUT2D eigenvalue weighted by Crippen LogP contribution is -2.09. The van der Waals surface area contributed by atoms with Crippen LogP contribution in [0, 0.1) is 0 Å². The lowest BCUT2D eigenvalue weighted by molar-refractivity contribution is -0.119. The van der Waals surface area contributed by atoms with E-state index in [2.05, 4.69) is 13.2 Å². The number of carbonyl (C=O) groups excluding carboxylic acids is 2. The zero-order chi connectivity index (χ0) is 14.2. The first-order valence-corrected chi connectivity index (χ1v) is 6.69. The number of primary amides is 2. The summed E-state index contributed by atoms with van der Waals surface area (Å²) >= 11 is 0. The maximum absolute atomic E-state index is 10.4. The molecule has 0 bridgehead atoms. The Morgan fingerprint density at radius 3 is 1.06 bits per heavy atom. The summed E-state index contributed by atoms with van der Waals surface area (Å²) in [6.07, 6.45) is 9.77. The fourth-order valence-corrected chi connectivity index (χ4v) is 1.66. The summed E-state index contributed by atoms with van der Waals surface area (Å²) < 4.78 is 0. The molecule has 0 aromatic heterocycles. The molecular formula is C14H28N2O2. The van der Waals surface area contributed by atoms with Crippen LogP contribution in [0.15, 0.2) is 13.2 Å². The lowest BCUT2D eigenvalue weighted by atomic mass is 10.1. The van der Waals surface area contributed by atoms with Gasteiger partial charge in [0.25, 0.3) is 0 Å². The Morgan fingerprint density at radius 2 is 0.833 bits per heavy atom. The van der Waals surface area contributed by atoms with Crippen LogP contribution >= 0.6 is 0 Å². The summed E-state index contributed by atoms with van der Waals surface area (Å²) in [6, 6.07) is 0. The molecule has 4 N–H and O–H groups in total. The molecule has 0 aromatic carbocycles. The van der Waals surface area contributed by atoms with Crippen LogP contribution in [0.5, 0.6) is 0 Å². The van der Waals surface area contributed by atoms with Gasteiger partial charge in [0.05, 0.1) is 0 Å². The van der Waals surface area contributed by atoms with Gasteiger partial charge in [0.15, 0.2) is 0 Å². The Balaban J connectivity index is 0. The van der Waals surface area contributed by atoms with Gasteiger partial charge >= 0.3 is 0 Å². The van der Waals surface area contributed by atoms with Crippen LogP contribution in [-0.2, 0) is 9.59 Å².